The minimum absolute atomic E-state index is 0.00832. The molecule has 1 N–H and O–H groups in total. The van der Waals surface area contributed by atoms with Gasteiger partial charge in [-0.1, -0.05) is 24.3 Å². The lowest BCUT2D eigenvalue weighted by atomic mass is 10.0. The number of benzene rings is 1. The van der Waals surface area contributed by atoms with Crippen molar-refractivity contribution in [1.29, 1.82) is 0 Å². The van der Waals surface area contributed by atoms with Gasteiger partial charge in [0.25, 0.3) is 0 Å². The van der Waals surface area contributed by atoms with E-state index in [0.717, 1.165) is 13.0 Å². The molecule has 1 aromatic rings. The molecule has 2 rings (SSSR count). The van der Waals surface area contributed by atoms with E-state index in [-0.39, 0.29) is 6.23 Å². The molecule has 1 aromatic carbocycles. The summed E-state index contributed by atoms with van der Waals surface area (Å²) >= 11 is 0. The van der Waals surface area contributed by atoms with Gasteiger partial charge in [-0.25, -0.2) is 0 Å². The van der Waals surface area contributed by atoms with Gasteiger partial charge in [0.1, 0.15) is 6.23 Å². The fourth-order valence-corrected chi connectivity index (χ4v) is 2.32. The van der Waals surface area contributed by atoms with Crippen LogP contribution in [0.15, 0.2) is 24.3 Å². The smallest absolute Gasteiger partial charge is 0.168 e. The molecule has 82 valence electrons. The molecule has 0 amide bonds. The number of rotatable bonds is 3. The van der Waals surface area contributed by atoms with Crippen molar-refractivity contribution in [2.45, 2.75) is 12.6 Å². The highest BCUT2D eigenvalue weighted by atomic mass is 31.2. The van der Waals surface area contributed by atoms with E-state index in [9.17, 15) is 0 Å². The van der Waals surface area contributed by atoms with Crippen molar-refractivity contribution in [2.24, 2.45) is 0 Å². The van der Waals surface area contributed by atoms with Crippen LogP contribution in [0.4, 0.5) is 0 Å². The molecule has 0 radical (unpaired) electrons. The van der Waals surface area contributed by atoms with Crippen molar-refractivity contribution in [3.63, 3.8) is 0 Å². The van der Waals surface area contributed by atoms with Crippen LogP contribution in [-0.2, 0) is 15.5 Å². The zero-order valence-corrected chi connectivity index (χ0v) is 9.96. The highest BCUT2D eigenvalue weighted by Gasteiger charge is 2.21. The molecule has 2 atom stereocenters. The first-order valence-corrected chi connectivity index (χ1v) is 6.69. The molecule has 0 bridgehead atoms. The van der Waals surface area contributed by atoms with Crippen LogP contribution >= 0.6 is 8.38 Å². The summed E-state index contributed by atoms with van der Waals surface area (Å²) in [4.78, 5) is 0. The normalized spacial score (nSPS) is 22.1. The van der Waals surface area contributed by atoms with Crippen LogP contribution in [0.1, 0.15) is 17.4 Å². The molecule has 2 unspecified atom stereocenters. The summed E-state index contributed by atoms with van der Waals surface area (Å²) in [6.45, 7) is 2.93. The van der Waals surface area contributed by atoms with Crippen LogP contribution in [0, 0.1) is 0 Å². The topological polar surface area (TPSA) is 30.5 Å². The third-order valence-electron chi connectivity index (χ3n) is 2.57. The Morgan fingerprint density at radius 2 is 2.20 bits per heavy atom. The Kier molecular flexibility index (Phi) is 3.71. The highest BCUT2D eigenvalue weighted by Crippen LogP contribution is 2.39. The Balaban J connectivity index is 2.15. The van der Waals surface area contributed by atoms with Gasteiger partial charge in [-0.05, 0) is 17.5 Å². The fraction of sp³-hybridized carbons (Fsp3) is 0.455. The zero-order chi connectivity index (χ0) is 10.7. The molecule has 0 aliphatic carbocycles. The number of hydrogen-bond donors (Lipinski definition) is 1. The summed E-state index contributed by atoms with van der Waals surface area (Å²) in [6.07, 6.45) is 1.07. The fourth-order valence-electron chi connectivity index (χ4n) is 1.75. The molecule has 3 nitrogen and oxygen atoms in total. The summed E-state index contributed by atoms with van der Waals surface area (Å²) < 4.78 is 11.0. The Hall–Kier alpha value is -0.470. The number of nitrogens with one attached hydrogen (secondary N) is 1. The van der Waals surface area contributed by atoms with Gasteiger partial charge >= 0.3 is 0 Å². The van der Waals surface area contributed by atoms with Crippen molar-refractivity contribution in [1.82, 2.24) is 5.32 Å². The minimum Gasteiger partial charge on any atom is -0.338 e. The van der Waals surface area contributed by atoms with Crippen LogP contribution in [0.5, 0.6) is 0 Å². The van der Waals surface area contributed by atoms with Gasteiger partial charge < -0.3 is 9.05 Å². The predicted molar refractivity (Wildman–Crippen MR) is 61.8 cm³/mol. The summed E-state index contributed by atoms with van der Waals surface area (Å²) in [5, 5.41) is 3.35. The van der Waals surface area contributed by atoms with E-state index < -0.39 is 8.38 Å². The monoisotopic (exact) mass is 225 g/mol. The van der Waals surface area contributed by atoms with Crippen molar-refractivity contribution in [2.75, 3.05) is 20.3 Å². The maximum atomic E-state index is 5.80. The lowest BCUT2D eigenvalue weighted by molar-refractivity contribution is 0.154. The third kappa shape index (κ3) is 2.56. The van der Waals surface area contributed by atoms with E-state index >= 15 is 0 Å². The molecule has 0 saturated heterocycles. The van der Waals surface area contributed by atoms with E-state index in [2.05, 4.69) is 23.5 Å². The van der Waals surface area contributed by atoms with Gasteiger partial charge in [0, 0.05) is 20.3 Å². The van der Waals surface area contributed by atoms with E-state index in [1.54, 1.807) is 7.11 Å². The molecule has 1 aliphatic rings. The lowest BCUT2D eigenvalue weighted by Gasteiger charge is -2.28. The van der Waals surface area contributed by atoms with E-state index in [0.29, 0.717) is 0 Å². The first-order chi connectivity index (χ1) is 7.31. The second-order valence-electron chi connectivity index (χ2n) is 3.51. The molecule has 4 heteroatoms. The van der Waals surface area contributed by atoms with Crippen LogP contribution in [0.2, 0.25) is 0 Å². The minimum atomic E-state index is -0.788. The first-order valence-electron chi connectivity index (χ1n) is 5.07. The Morgan fingerprint density at radius 1 is 1.40 bits per heavy atom. The van der Waals surface area contributed by atoms with Gasteiger partial charge in [0.2, 0.25) is 0 Å². The molecule has 0 saturated carbocycles. The highest BCUT2D eigenvalue weighted by molar-refractivity contribution is 7.46. The van der Waals surface area contributed by atoms with Crippen molar-refractivity contribution >= 4 is 8.38 Å². The van der Waals surface area contributed by atoms with Crippen LogP contribution < -0.4 is 5.32 Å². The van der Waals surface area contributed by atoms with Gasteiger partial charge in [-0.3, -0.25) is 5.32 Å². The SMILES string of the molecule is COP(C)OC1NCCc2ccccc21. The molecule has 1 heterocycles. The first kappa shape index (κ1) is 11.0. The standard InChI is InChI=1S/C11H16NO2P/c1-13-15(2)14-11-10-6-4-3-5-9(10)7-8-12-11/h3-6,11-12H,7-8H2,1-2H3. The Morgan fingerprint density at radius 3 is 3.00 bits per heavy atom. The second kappa shape index (κ2) is 5.04. The molecule has 0 aromatic heterocycles. The average molecular weight is 225 g/mol. The number of fused-ring (bicyclic) bond motifs is 1. The van der Waals surface area contributed by atoms with Crippen LogP contribution in [0.25, 0.3) is 0 Å². The predicted octanol–water partition coefficient (Wildman–Crippen LogP) is 2.44. The van der Waals surface area contributed by atoms with Crippen LogP contribution in [-0.4, -0.2) is 20.3 Å². The third-order valence-corrected chi connectivity index (χ3v) is 3.59. The average Bonchev–Trinajstić information content (AvgIpc) is 2.29. The van der Waals surface area contributed by atoms with E-state index in [4.69, 9.17) is 9.05 Å². The molecule has 0 spiro atoms. The van der Waals surface area contributed by atoms with Gasteiger partial charge in [-0.15, -0.1) is 0 Å². The van der Waals surface area contributed by atoms with Crippen LogP contribution in [0.3, 0.4) is 0 Å². The summed E-state index contributed by atoms with van der Waals surface area (Å²) in [6, 6.07) is 8.40. The van der Waals surface area contributed by atoms with Crippen molar-refractivity contribution in [3.05, 3.63) is 35.4 Å². The van der Waals surface area contributed by atoms with E-state index in [1.165, 1.54) is 11.1 Å². The summed E-state index contributed by atoms with van der Waals surface area (Å²) in [5.74, 6) is 0. The van der Waals surface area contributed by atoms with Gasteiger partial charge in [0.05, 0.1) is 0 Å². The van der Waals surface area contributed by atoms with E-state index in [1.807, 2.05) is 12.7 Å². The number of hydrogen-bond acceptors (Lipinski definition) is 3. The Bertz CT molecular complexity index is 332. The summed E-state index contributed by atoms with van der Waals surface area (Å²) in [5.41, 5.74) is 2.62. The molecule has 1 aliphatic heterocycles. The lowest BCUT2D eigenvalue weighted by Crippen LogP contribution is -2.30. The summed E-state index contributed by atoms with van der Waals surface area (Å²) in [7, 11) is 0.893. The largest absolute Gasteiger partial charge is 0.338 e. The quantitative estimate of drug-likeness (QED) is 0.801. The molecular formula is C11H16NO2P. The van der Waals surface area contributed by atoms with Crippen molar-refractivity contribution in [3.8, 4) is 0 Å². The molecule has 15 heavy (non-hydrogen) atoms. The molecular weight excluding hydrogens is 209 g/mol. The van der Waals surface area contributed by atoms with Gasteiger partial charge in [-0.2, -0.15) is 0 Å². The molecule has 0 fully saturated rings. The Labute approximate surface area is 91.7 Å². The maximum Gasteiger partial charge on any atom is 0.168 e. The van der Waals surface area contributed by atoms with Crippen molar-refractivity contribution < 1.29 is 9.05 Å². The zero-order valence-electron chi connectivity index (χ0n) is 9.06. The van der Waals surface area contributed by atoms with Gasteiger partial charge in [0.15, 0.2) is 8.38 Å². The maximum absolute atomic E-state index is 5.80. The second-order valence-corrected chi connectivity index (χ2v) is 4.97.